The van der Waals surface area contributed by atoms with Crippen molar-refractivity contribution >= 4 is 39.1 Å². The minimum atomic E-state index is -0.234. The largest absolute Gasteiger partial charge is 0.455 e. The van der Waals surface area contributed by atoms with Gasteiger partial charge in [-0.1, -0.05) is 45.7 Å². The van der Waals surface area contributed by atoms with Gasteiger partial charge in [0.05, 0.1) is 5.69 Å². The average molecular weight is 403 g/mol. The van der Waals surface area contributed by atoms with Crippen LogP contribution >= 0.6 is 27.5 Å². The molecule has 0 spiro atoms. The third-order valence-electron chi connectivity index (χ3n) is 3.27. The van der Waals surface area contributed by atoms with Crippen LogP contribution in [0.4, 0.5) is 5.69 Å². The van der Waals surface area contributed by atoms with Crippen molar-refractivity contribution in [3.8, 4) is 11.5 Å². The fourth-order valence-corrected chi connectivity index (χ4v) is 2.54. The summed E-state index contributed by atoms with van der Waals surface area (Å²) in [6, 6.07) is 21.6. The second-order valence-electron chi connectivity index (χ2n) is 5.02. The van der Waals surface area contributed by atoms with E-state index in [9.17, 15) is 4.79 Å². The van der Waals surface area contributed by atoms with Crippen molar-refractivity contribution in [2.45, 2.75) is 0 Å². The van der Waals surface area contributed by atoms with Gasteiger partial charge in [-0.15, -0.1) is 0 Å². The first-order valence-corrected chi connectivity index (χ1v) is 8.38. The molecule has 3 aromatic rings. The summed E-state index contributed by atoms with van der Waals surface area (Å²) in [5.41, 5.74) is 1.06. The topological polar surface area (TPSA) is 38.3 Å². The Balaban J connectivity index is 1.85. The lowest BCUT2D eigenvalue weighted by Gasteiger charge is -2.13. The Kier molecular flexibility index (Phi) is 5.18. The number of carbonyl (C=O) groups excluding carboxylic acids is 1. The maximum atomic E-state index is 12.4. The molecule has 0 unspecified atom stereocenters. The summed E-state index contributed by atoms with van der Waals surface area (Å²) in [6.45, 7) is 0. The molecule has 0 radical (unpaired) electrons. The van der Waals surface area contributed by atoms with E-state index in [0.717, 1.165) is 4.47 Å². The molecule has 3 nitrogen and oxygen atoms in total. The normalized spacial score (nSPS) is 10.2. The molecule has 0 atom stereocenters. The van der Waals surface area contributed by atoms with E-state index in [1.807, 2.05) is 42.5 Å². The quantitative estimate of drug-likeness (QED) is 0.568. The van der Waals surface area contributed by atoms with E-state index in [1.165, 1.54) is 0 Å². The van der Waals surface area contributed by atoms with Gasteiger partial charge in [0, 0.05) is 15.1 Å². The minimum absolute atomic E-state index is 0.234. The predicted octanol–water partition coefficient (Wildman–Crippen LogP) is 6.15. The second-order valence-corrected chi connectivity index (χ2v) is 6.37. The number of ether oxygens (including phenoxy) is 1. The zero-order valence-electron chi connectivity index (χ0n) is 12.5. The lowest BCUT2D eigenvalue weighted by molar-refractivity contribution is 0.102. The van der Waals surface area contributed by atoms with Gasteiger partial charge in [0.2, 0.25) is 0 Å². The maximum Gasteiger partial charge on any atom is 0.255 e. The molecule has 0 aliphatic heterocycles. The lowest BCUT2D eigenvalue weighted by Crippen LogP contribution is -2.12. The third-order valence-corrected chi connectivity index (χ3v) is 4.03. The van der Waals surface area contributed by atoms with Gasteiger partial charge >= 0.3 is 0 Å². The van der Waals surface area contributed by atoms with Crippen molar-refractivity contribution in [2.24, 2.45) is 0 Å². The molecule has 0 aliphatic rings. The Morgan fingerprint density at radius 1 is 0.958 bits per heavy atom. The molecule has 0 saturated heterocycles. The zero-order chi connectivity index (χ0) is 16.9. The predicted molar refractivity (Wildman–Crippen MR) is 100 cm³/mol. The third kappa shape index (κ3) is 4.16. The molecule has 120 valence electrons. The van der Waals surface area contributed by atoms with Crippen LogP contribution in [0.5, 0.6) is 11.5 Å². The molecule has 3 aromatic carbocycles. The van der Waals surface area contributed by atoms with E-state index in [0.29, 0.717) is 27.8 Å². The van der Waals surface area contributed by atoms with Crippen LogP contribution in [-0.2, 0) is 0 Å². The molecule has 0 fully saturated rings. The number of rotatable bonds is 4. The van der Waals surface area contributed by atoms with Crippen LogP contribution in [0.25, 0.3) is 0 Å². The Labute approximate surface area is 153 Å². The summed E-state index contributed by atoms with van der Waals surface area (Å²) < 4.78 is 6.75. The molecule has 24 heavy (non-hydrogen) atoms. The first-order chi connectivity index (χ1) is 11.6. The van der Waals surface area contributed by atoms with E-state index < -0.39 is 0 Å². The van der Waals surface area contributed by atoms with Crippen LogP contribution in [0.3, 0.4) is 0 Å². The first-order valence-electron chi connectivity index (χ1n) is 7.21. The summed E-state index contributed by atoms with van der Waals surface area (Å²) in [5, 5.41) is 3.36. The van der Waals surface area contributed by atoms with Gasteiger partial charge in [0.25, 0.3) is 5.91 Å². The van der Waals surface area contributed by atoms with Crippen LogP contribution < -0.4 is 10.1 Å². The van der Waals surface area contributed by atoms with E-state index in [-0.39, 0.29) is 5.91 Å². The minimum Gasteiger partial charge on any atom is -0.455 e. The molecular weight excluding hydrogens is 390 g/mol. The highest BCUT2D eigenvalue weighted by Gasteiger charge is 2.11. The first kappa shape index (κ1) is 16.6. The van der Waals surface area contributed by atoms with E-state index >= 15 is 0 Å². The van der Waals surface area contributed by atoms with Gasteiger partial charge in [-0.05, 0) is 54.6 Å². The lowest BCUT2D eigenvalue weighted by atomic mass is 10.2. The molecule has 5 heteroatoms. The van der Waals surface area contributed by atoms with Gasteiger partial charge in [0.1, 0.15) is 5.75 Å². The average Bonchev–Trinajstić information content (AvgIpc) is 2.59. The van der Waals surface area contributed by atoms with Crippen molar-refractivity contribution < 1.29 is 9.53 Å². The highest BCUT2D eigenvalue weighted by molar-refractivity contribution is 9.10. The highest BCUT2D eigenvalue weighted by atomic mass is 79.9. The number of carbonyl (C=O) groups is 1. The number of nitrogens with one attached hydrogen (secondary N) is 1. The van der Waals surface area contributed by atoms with E-state index in [1.54, 1.807) is 30.3 Å². The summed E-state index contributed by atoms with van der Waals surface area (Å²) in [4.78, 5) is 12.4. The molecule has 0 aliphatic carbocycles. The number of hydrogen-bond acceptors (Lipinski definition) is 2. The van der Waals surface area contributed by atoms with Crippen molar-refractivity contribution in [2.75, 3.05) is 5.32 Å². The summed E-state index contributed by atoms with van der Waals surface area (Å²) in [6.07, 6.45) is 0. The van der Waals surface area contributed by atoms with Crippen molar-refractivity contribution in [1.29, 1.82) is 0 Å². The van der Waals surface area contributed by atoms with Crippen molar-refractivity contribution in [3.63, 3.8) is 0 Å². The molecule has 1 N–H and O–H groups in total. The van der Waals surface area contributed by atoms with Gasteiger partial charge < -0.3 is 10.1 Å². The number of halogens is 2. The molecule has 0 aromatic heterocycles. The number of anilines is 1. The van der Waals surface area contributed by atoms with Crippen LogP contribution in [0.15, 0.2) is 77.3 Å². The van der Waals surface area contributed by atoms with Gasteiger partial charge in [-0.3, -0.25) is 4.79 Å². The Bertz CT molecular complexity index is 851. The number of benzene rings is 3. The van der Waals surface area contributed by atoms with Crippen LogP contribution in [0.1, 0.15) is 10.4 Å². The van der Waals surface area contributed by atoms with E-state index in [2.05, 4.69) is 21.2 Å². The monoisotopic (exact) mass is 401 g/mol. The number of hydrogen-bond donors (Lipinski definition) is 1. The van der Waals surface area contributed by atoms with Gasteiger partial charge in [0.15, 0.2) is 5.75 Å². The summed E-state index contributed by atoms with van der Waals surface area (Å²) in [5.74, 6) is 0.970. The molecule has 0 heterocycles. The molecule has 3 rings (SSSR count). The Morgan fingerprint density at radius 3 is 2.38 bits per heavy atom. The SMILES string of the molecule is O=C(Nc1cc(Cl)ccc1Oc1ccccc1)c1ccc(Br)cc1. The fourth-order valence-electron chi connectivity index (χ4n) is 2.10. The Morgan fingerprint density at radius 2 is 1.67 bits per heavy atom. The van der Waals surface area contributed by atoms with Crippen molar-refractivity contribution in [3.05, 3.63) is 87.9 Å². The molecule has 0 bridgehead atoms. The Hall–Kier alpha value is -2.30. The molecular formula is C19H13BrClNO2. The van der Waals surface area contributed by atoms with Crippen molar-refractivity contribution in [1.82, 2.24) is 0 Å². The smallest absolute Gasteiger partial charge is 0.255 e. The van der Waals surface area contributed by atoms with Crippen LogP contribution in [0.2, 0.25) is 5.02 Å². The van der Waals surface area contributed by atoms with E-state index in [4.69, 9.17) is 16.3 Å². The molecule has 1 amide bonds. The molecule has 0 saturated carbocycles. The fraction of sp³-hybridized carbons (Fsp3) is 0. The summed E-state index contributed by atoms with van der Waals surface area (Å²) in [7, 11) is 0. The zero-order valence-corrected chi connectivity index (χ0v) is 14.8. The van der Waals surface area contributed by atoms with Crippen LogP contribution in [-0.4, -0.2) is 5.91 Å². The number of amides is 1. The van der Waals surface area contributed by atoms with Crippen LogP contribution in [0, 0.1) is 0 Å². The highest BCUT2D eigenvalue weighted by Crippen LogP contribution is 2.32. The standard InChI is InChI=1S/C19H13BrClNO2/c20-14-8-6-13(7-9-14)19(23)22-17-12-15(21)10-11-18(17)24-16-4-2-1-3-5-16/h1-12H,(H,22,23). The number of para-hydroxylation sites is 1. The maximum absolute atomic E-state index is 12.4. The second kappa shape index (κ2) is 7.51. The summed E-state index contributed by atoms with van der Waals surface area (Å²) >= 11 is 9.41. The van der Waals surface area contributed by atoms with Gasteiger partial charge in [-0.25, -0.2) is 0 Å². The van der Waals surface area contributed by atoms with Gasteiger partial charge in [-0.2, -0.15) is 0 Å².